The minimum atomic E-state index is -0.206. The average Bonchev–Trinajstić information content (AvgIpc) is 3.26. The monoisotopic (exact) mass is 345 g/mol. The Morgan fingerprint density at radius 1 is 1.28 bits per heavy atom. The summed E-state index contributed by atoms with van der Waals surface area (Å²) < 4.78 is 5.59. The summed E-state index contributed by atoms with van der Waals surface area (Å²) in [7, 11) is 0. The molecule has 0 unspecified atom stereocenters. The highest BCUT2D eigenvalue weighted by atomic mass is 16.5. The molecular weight excluding hydrogens is 318 g/mol. The van der Waals surface area contributed by atoms with Crippen LogP contribution in [0.1, 0.15) is 44.9 Å². The van der Waals surface area contributed by atoms with E-state index in [4.69, 9.17) is 4.74 Å². The van der Waals surface area contributed by atoms with E-state index in [1.54, 1.807) is 4.90 Å². The van der Waals surface area contributed by atoms with E-state index in [-0.39, 0.29) is 11.9 Å². The zero-order valence-electron chi connectivity index (χ0n) is 14.6. The van der Waals surface area contributed by atoms with Crippen molar-refractivity contribution >= 4 is 23.3 Å². The minimum Gasteiger partial charge on any atom is -0.378 e. The molecule has 2 fully saturated rings. The molecule has 0 radical (unpaired) electrons. The van der Waals surface area contributed by atoms with Gasteiger partial charge in [-0.3, -0.25) is 4.79 Å². The third-order valence-corrected chi connectivity index (χ3v) is 4.75. The lowest BCUT2D eigenvalue weighted by Crippen LogP contribution is -2.30. The summed E-state index contributed by atoms with van der Waals surface area (Å²) in [5, 5.41) is 5.72. The number of carbonyl (C=O) groups excluding carboxylic acids is 2. The molecule has 2 aliphatic heterocycles. The van der Waals surface area contributed by atoms with Crippen LogP contribution in [0.5, 0.6) is 0 Å². The van der Waals surface area contributed by atoms with Crippen LogP contribution in [-0.2, 0) is 9.53 Å². The molecule has 1 aromatic carbocycles. The molecule has 2 heterocycles. The van der Waals surface area contributed by atoms with E-state index in [1.165, 1.54) is 12.8 Å². The first-order valence-corrected chi connectivity index (χ1v) is 9.29. The van der Waals surface area contributed by atoms with Gasteiger partial charge in [0.25, 0.3) is 0 Å². The second-order valence-corrected chi connectivity index (χ2v) is 6.71. The highest BCUT2D eigenvalue weighted by Crippen LogP contribution is 2.24. The number of hydrogen-bond donors (Lipinski definition) is 2. The Morgan fingerprint density at radius 2 is 2.20 bits per heavy atom. The van der Waals surface area contributed by atoms with Gasteiger partial charge in [-0.2, -0.15) is 0 Å². The van der Waals surface area contributed by atoms with Crippen LogP contribution in [0.25, 0.3) is 0 Å². The molecule has 0 spiro atoms. The maximum atomic E-state index is 12.0. The van der Waals surface area contributed by atoms with Crippen LogP contribution in [0, 0.1) is 0 Å². The van der Waals surface area contributed by atoms with E-state index in [2.05, 4.69) is 10.6 Å². The summed E-state index contributed by atoms with van der Waals surface area (Å²) in [4.78, 5) is 25.6. The van der Waals surface area contributed by atoms with Gasteiger partial charge in [0, 0.05) is 37.5 Å². The number of urea groups is 1. The van der Waals surface area contributed by atoms with E-state index >= 15 is 0 Å². The Balaban J connectivity index is 1.38. The van der Waals surface area contributed by atoms with Gasteiger partial charge in [-0.25, -0.2) is 4.79 Å². The van der Waals surface area contributed by atoms with Crippen LogP contribution < -0.4 is 15.5 Å². The van der Waals surface area contributed by atoms with E-state index in [0.29, 0.717) is 24.8 Å². The summed E-state index contributed by atoms with van der Waals surface area (Å²) >= 11 is 0. The first-order chi connectivity index (χ1) is 12.2. The number of amides is 3. The molecule has 1 aromatic rings. The highest BCUT2D eigenvalue weighted by Gasteiger charge is 2.21. The van der Waals surface area contributed by atoms with Gasteiger partial charge in [0.1, 0.15) is 0 Å². The molecule has 2 saturated heterocycles. The Morgan fingerprint density at radius 3 is 2.96 bits per heavy atom. The zero-order valence-corrected chi connectivity index (χ0v) is 14.6. The number of nitrogens with zero attached hydrogens (tertiary/aromatic N) is 1. The normalized spacial score (nSPS) is 20.1. The van der Waals surface area contributed by atoms with Gasteiger partial charge in [-0.05, 0) is 56.7 Å². The fourth-order valence-electron chi connectivity index (χ4n) is 3.42. The van der Waals surface area contributed by atoms with Crippen LogP contribution in [-0.4, -0.2) is 37.7 Å². The molecule has 2 aliphatic rings. The molecule has 136 valence electrons. The molecule has 25 heavy (non-hydrogen) atoms. The van der Waals surface area contributed by atoms with Crippen LogP contribution >= 0.6 is 0 Å². The second kappa shape index (κ2) is 8.85. The van der Waals surface area contributed by atoms with Crippen LogP contribution in [0.2, 0.25) is 0 Å². The quantitative estimate of drug-likeness (QED) is 0.745. The van der Waals surface area contributed by atoms with Gasteiger partial charge in [0.2, 0.25) is 5.91 Å². The third-order valence-electron chi connectivity index (χ3n) is 4.75. The maximum absolute atomic E-state index is 12.0. The first kappa shape index (κ1) is 17.7. The predicted molar refractivity (Wildman–Crippen MR) is 97.9 cm³/mol. The molecular formula is C19H27N3O3. The molecule has 0 bridgehead atoms. The van der Waals surface area contributed by atoms with E-state index in [1.807, 2.05) is 24.3 Å². The second-order valence-electron chi connectivity index (χ2n) is 6.71. The lowest BCUT2D eigenvalue weighted by Gasteiger charge is -2.17. The van der Waals surface area contributed by atoms with Crippen molar-refractivity contribution in [3.63, 3.8) is 0 Å². The molecule has 1 atom stereocenters. The van der Waals surface area contributed by atoms with Gasteiger partial charge < -0.3 is 20.3 Å². The van der Waals surface area contributed by atoms with E-state index < -0.39 is 0 Å². The number of benzene rings is 1. The lowest BCUT2D eigenvalue weighted by atomic mass is 10.1. The SMILES string of the molecule is O=C(NCCCC[C@@H]1CCCO1)Nc1cccc(N2CCCC2=O)c1. The maximum Gasteiger partial charge on any atom is 0.319 e. The third kappa shape index (κ3) is 5.19. The van der Waals surface area contributed by atoms with Gasteiger partial charge in [0.05, 0.1) is 6.10 Å². The van der Waals surface area contributed by atoms with Gasteiger partial charge in [-0.1, -0.05) is 6.07 Å². The Labute approximate surface area is 148 Å². The molecule has 0 aromatic heterocycles. The van der Waals surface area contributed by atoms with Crippen molar-refractivity contribution in [3.05, 3.63) is 24.3 Å². The topological polar surface area (TPSA) is 70.7 Å². The van der Waals surface area contributed by atoms with Crippen LogP contribution in [0.4, 0.5) is 16.2 Å². The summed E-state index contributed by atoms with van der Waals surface area (Å²) in [6.07, 6.45) is 7.36. The molecule has 2 N–H and O–H groups in total. The zero-order chi connectivity index (χ0) is 17.5. The van der Waals surface area contributed by atoms with Crippen molar-refractivity contribution in [1.29, 1.82) is 0 Å². The highest BCUT2D eigenvalue weighted by molar-refractivity contribution is 5.96. The molecule has 6 heteroatoms. The number of unbranched alkanes of at least 4 members (excludes halogenated alkanes) is 1. The van der Waals surface area contributed by atoms with Gasteiger partial charge in [-0.15, -0.1) is 0 Å². The van der Waals surface area contributed by atoms with Crippen LogP contribution in [0.3, 0.4) is 0 Å². The fraction of sp³-hybridized carbons (Fsp3) is 0.579. The number of anilines is 2. The summed E-state index contributed by atoms with van der Waals surface area (Å²) in [5.41, 5.74) is 1.55. The Hall–Kier alpha value is -2.08. The summed E-state index contributed by atoms with van der Waals surface area (Å²) in [6, 6.07) is 7.23. The summed E-state index contributed by atoms with van der Waals surface area (Å²) in [6.45, 7) is 2.30. The Kier molecular flexibility index (Phi) is 6.28. The van der Waals surface area contributed by atoms with Crippen molar-refractivity contribution in [1.82, 2.24) is 5.32 Å². The van der Waals surface area contributed by atoms with Crippen molar-refractivity contribution in [2.45, 2.75) is 51.0 Å². The number of rotatable bonds is 7. The average molecular weight is 345 g/mol. The number of carbonyl (C=O) groups is 2. The molecule has 3 rings (SSSR count). The van der Waals surface area contributed by atoms with Crippen LogP contribution in [0.15, 0.2) is 24.3 Å². The van der Waals surface area contributed by atoms with Crippen molar-refractivity contribution in [3.8, 4) is 0 Å². The largest absolute Gasteiger partial charge is 0.378 e. The van der Waals surface area contributed by atoms with Gasteiger partial charge in [0.15, 0.2) is 0 Å². The smallest absolute Gasteiger partial charge is 0.319 e. The van der Waals surface area contributed by atoms with Crippen molar-refractivity contribution < 1.29 is 14.3 Å². The predicted octanol–water partition coefficient (Wildman–Crippen LogP) is 3.28. The fourth-order valence-corrected chi connectivity index (χ4v) is 3.42. The first-order valence-electron chi connectivity index (χ1n) is 9.29. The minimum absolute atomic E-state index is 0.146. The molecule has 0 saturated carbocycles. The molecule has 3 amide bonds. The molecule has 6 nitrogen and oxygen atoms in total. The Bertz CT molecular complexity index is 599. The lowest BCUT2D eigenvalue weighted by molar-refractivity contribution is -0.117. The van der Waals surface area contributed by atoms with E-state index in [9.17, 15) is 9.59 Å². The number of hydrogen-bond acceptors (Lipinski definition) is 3. The van der Waals surface area contributed by atoms with Crippen molar-refractivity contribution in [2.75, 3.05) is 29.9 Å². The standard InChI is InChI=1S/C19H27N3O3/c23-18-10-4-12-22(18)16-7-3-6-15(14-16)21-19(24)20-11-2-1-8-17-9-5-13-25-17/h3,6-7,14,17H,1-2,4-5,8-13H2,(H2,20,21,24)/t17-/m1/s1. The number of nitrogens with one attached hydrogen (secondary N) is 2. The molecule has 0 aliphatic carbocycles. The van der Waals surface area contributed by atoms with E-state index in [0.717, 1.165) is 44.5 Å². The summed E-state index contributed by atoms with van der Waals surface area (Å²) in [5.74, 6) is 0.146. The number of ether oxygens (including phenoxy) is 1. The van der Waals surface area contributed by atoms with Gasteiger partial charge >= 0.3 is 6.03 Å². The van der Waals surface area contributed by atoms with Crippen molar-refractivity contribution in [2.24, 2.45) is 0 Å².